The quantitative estimate of drug-likeness (QED) is 0.597. The van der Waals surface area contributed by atoms with Gasteiger partial charge in [0.05, 0.1) is 5.60 Å². The van der Waals surface area contributed by atoms with Crippen molar-refractivity contribution in [3.8, 4) is 0 Å². The molecule has 0 heterocycles. The van der Waals surface area contributed by atoms with E-state index in [2.05, 4.69) is 0 Å². The van der Waals surface area contributed by atoms with E-state index in [9.17, 15) is 9.90 Å². The zero-order valence-electron chi connectivity index (χ0n) is 7.38. The highest BCUT2D eigenvalue weighted by molar-refractivity contribution is 5.83. The first-order valence-corrected chi connectivity index (χ1v) is 4.97. The summed E-state index contributed by atoms with van der Waals surface area (Å²) >= 11 is 0. The van der Waals surface area contributed by atoms with Crippen molar-refractivity contribution in [1.29, 1.82) is 0 Å². The van der Waals surface area contributed by atoms with Gasteiger partial charge in [0.25, 0.3) is 0 Å². The summed E-state index contributed by atoms with van der Waals surface area (Å²) in [4.78, 5) is 11.5. The molecule has 1 N–H and O–H groups in total. The fraction of sp³-hybridized carbons (Fsp3) is 0.900. The molecule has 2 heteroatoms. The molecule has 12 heavy (non-hydrogen) atoms. The first-order valence-electron chi connectivity index (χ1n) is 4.97. The molecule has 2 rings (SSSR count). The van der Waals surface area contributed by atoms with Crippen LogP contribution in [0.2, 0.25) is 0 Å². The first-order chi connectivity index (χ1) is 5.72. The molecular weight excluding hydrogens is 152 g/mol. The average Bonchev–Trinajstić information content (AvgIpc) is 2.04. The number of Topliss-reactive ketones (excluding diaryl/α,β-unsaturated/α-hetero) is 1. The van der Waals surface area contributed by atoms with E-state index in [1.165, 1.54) is 0 Å². The number of rotatable bonds is 0. The van der Waals surface area contributed by atoms with E-state index in [1.807, 2.05) is 0 Å². The van der Waals surface area contributed by atoms with Gasteiger partial charge < -0.3 is 5.11 Å². The van der Waals surface area contributed by atoms with Crippen molar-refractivity contribution in [3.63, 3.8) is 0 Å². The van der Waals surface area contributed by atoms with Gasteiger partial charge in [0.1, 0.15) is 5.78 Å². The molecular formula is C10H16O2. The Hall–Kier alpha value is -0.370. The highest BCUT2D eigenvalue weighted by Crippen LogP contribution is 2.41. The second-order valence-electron chi connectivity index (χ2n) is 4.22. The summed E-state index contributed by atoms with van der Waals surface area (Å²) in [6.45, 7) is 0. The standard InChI is InChI=1S/C10H16O2/c11-9-5-3-7-10(12)6-2-1-4-8(9)10/h8,12H,1-7H2/t8-,10+/m1/s1. The van der Waals surface area contributed by atoms with E-state index < -0.39 is 5.60 Å². The van der Waals surface area contributed by atoms with Gasteiger partial charge in [0.2, 0.25) is 0 Å². The Morgan fingerprint density at radius 1 is 1.25 bits per heavy atom. The van der Waals surface area contributed by atoms with Crippen molar-refractivity contribution < 1.29 is 9.90 Å². The minimum atomic E-state index is -0.604. The number of ketones is 1. The predicted octanol–water partition coefficient (Wildman–Crippen LogP) is 1.66. The Morgan fingerprint density at radius 2 is 2.00 bits per heavy atom. The minimum absolute atomic E-state index is 0.0139. The van der Waals surface area contributed by atoms with Gasteiger partial charge in [-0.15, -0.1) is 0 Å². The van der Waals surface area contributed by atoms with Crippen LogP contribution < -0.4 is 0 Å². The minimum Gasteiger partial charge on any atom is -0.389 e. The van der Waals surface area contributed by atoms with Gasteiger partial charge in [-0.1, -0.05) is 12.8 Å². The second kappa shape index (κ2) is 2.84. The molecule has 2 saturated carbocycles. The maximum atomic E-state index is 11.5. The molecule has 0 saturated heterocycles. The highest BCUT2D eigenvalue weighted by atomic mass is 16.3. The van der Waals surface area contributed by atoms with Crippen LogP contribution in [0.4, 0.5) is 0 Å². The van der Waals surface area contributed by atoms with Crippen LogP contribution in [0, 0.1) is 5.92 Å². The van der Waals surface area contributed by atoms with Crippen molar-refractivity contribution in [2.75, 3.05) is 0 Å². The Labute approximate surface area is 73.0 Å². The fourth-order valence-electron chi connectivity index (χ4n) is 2.73. The van der Waals surface area contributed by atoms with Gasteiger partial charge in [-0.25, -0.2) is 0 Å². The van der Waals surface area contributed by atoms with Crippen molar-refractivity contribution in [3.05, 3.63) is 0 Å². The summed E-state index contributed by atoms with van der Waals surface area (Å²) in [6.07, 6.45) is 6.44. The van der Waals surface area contributed by atoms with Crippen LogP contribution in [-0.4, -0.2) is 16.5 Å². The fourth-order valence-corrected chi connectivity index (χ4v) is 2.73. The predicted molar refractivity (Wildman–Crippen MR) is 45.8 cm³/mol. The van der Waals surface area contributed by atoms with Gasteiger partial charge in [-0.05, 0) is 25.7 Å². The largest absolute Gasteiger partial charge is 0.389 e. The lowest BCUT2D eigenvalue weighted by Gasteiger charge is -2.42. The second-order valence-corrected chi connectivity index (χ2v) is 4.22. The lowest BCUT2D eigenvalue weighted by Crippen LogP contribution is -2.47. The summed E-state index contributed by atoms with van der Waals surface area (Å²) in [5, 5.41) is 10.1. The molecule has 0 aliphatic heterocycles. The molecule has 2 aliphatic carbocycles. The molecule has 0 aromatic heterocycles. The lowest BCUT2D eigenvalue weighted by atomic mass is 9.67. The van der Waals surface area contributed by atoms with Gasteiger partial charge in [-0.3, -0.25) is 4.79 Å². The monoisotopic (exact) mass is 168 g/mol. The van der Waals surface area contributed by atoms with E-state index >= 15 is 0 Å². The Balaban J connectivity index is 2.18. The topological polar surface area (TPSA) is 37.3 Å². The summed E-state index contributed by atoms with van der Waals surface area (Å²) in [5.41, 5.74) is -0.604. The molecule has 68 valence electrons. The van der Waals surface area contributed by atoms with Crippen LogP contribution >= 0.6 is 0 Å². The van der Waals surface area contributed by atoms with Crippen LogP contribution in [0.15, 0.2) is 0 Å². The van der Waals surface area contributed by atoms with Gasteiger partial charge in [-0.2, -0.15) is 0 Å². The van der Waals surface area contributed by atoms with Gasteiger partial charge in [0.15, 0.2) is 0 Å². The maximum Gasteiger partial charge on any atom is 0.138 e. The molecule has 0 aromatic carbocycles. The third-order valence-corrected chi connectivity index (χ3v) is 3.42. The molecule has 0 amide bonds. The average molecular weight is 168 g/mol. The molecule has 2 aliphatic rings. The summed E-state index contributed by atoms with van der Waals surface area (Å²) < 4.78 is 0. The lowest BCUT2D eigenvalue weighted by molar-refractivity contribution is -0.143. The van der Waals surface area contributed by atoms with Crippen LogP contribution in [0.3, 0.4) is 0 Å². The Kier molecular flexibility index (Phi) is 1.95. The Morgan fingerprint density at radius 3 is 2.75 bits per heavy atom. The smallest absolute Gasteiger partial charge is 0.138 e. The molecule has 0 radical (unpaired) electrons. The van der Waals surface area contributed by atoms with Crippen LogP contribution in [0.5, 0.6) is 0 Å². The molecule has 0 bridgehead atoms. The van der Waals surface area contributed by atoms with Crippen molar-refractivity contribution in [1.82, 2.24) is 0 Å². The summed E-state index contributed by atoms with van der Waals surface area (Å²) in [5.74, 6) is 0.295. The van der Waals surface area contributed by atoms with E-state index in [1.54, 1.807) is 0 Å². The van der Waals surface area contributed by atoms with E-state index in [4.69, 9.17) is 0 Å². The number of carbonyl (C=O) groups excluding carboxylic acids is 1. The molecule has 0 spiro atoms. The van der Waals surface area contributed by atoms with Gasteiger partial charge >= 0.3 is 0 Å². The first kappa shape index (κ1) is 8.24. The zero-order chi connectivity index (χ0) is 8.60. The van der Waals surface area contributed by atoms with Crippen molar-refractivity contribution >= 4 is 5.78 Å². The summed E-state index contributed by atoms with van der Waals surface area (Å²) in [7, 11) is 0. The van der Waals surface area contributed by atoms with E-state index in [-0.39, 0.29) is 5.92 Å². The molecule has 2 fully saturated rings. The van der Waals surface area contributed by atoms with Crippen LogP contribution in [-0.2, 0) is 4.79 Å². The molecule has 2 nitrogen and oxygen atoms in total. The maximum absolute atomic E-state index is 11.5. The number of hydrogen-bond acceptors (Lipinski definition) is 2. The normalized spacial score (nSPS) is 42.4. The molecule has 2 atom stereocenters. The van der Waals surface area contributed by atoms with Gasteiger partial charge in [0, 0.05) is 12.3 Å². The van der Waals surface area contributed by atoms with Crippen LogP contribution in [0.25, 0.3) is 0 Å². The van der Waals surface area contributed by atoms with Crippen LogP contribution in [0.1, 0.15) is 44.9 Å². The highest BCUT2D eigenvalue weighted by Gasteiger charge is 2.44. The SMILES string of the molecule is O=C1CCC[C@@]2(O)CCCC[C@H]12. The number of aliphatic hydroxyl groups is 1. The van der Waals surface area contributed by atoms with E-state index in [0.717, 1.165) is 38.5 Å². The zero-order valence-corrected chi connectivity index (χ0v) is 7.38. The third kappa shape index (κ3) is 1.18. The molecule has 0 aromatic rings. The van der Waals surface area contributed by atoms with E-state index in [0.29, 0.717) is 12.2 Å². The van der Waals surface area contributed by atoms with Crippen molar-refractivity contribution in [2.24, 2.45) is 5.92 Å². The molecule has 0 unspecified atom stereocenters. The summed E-state index contributed by atoms with van der Waals surface area (Å²) in [6, 6.07) is 0. The number of hydrogen-bond donors (Lipinski definition) is 1. The third-order valence-electron chi connectivity index (χ3n) is 3.42. The number of fused-ring (bicyclic) bond motifs is 1. The van der Waals surface area contributed by atoms with Crippen molar-refractivity contribution in [2.45, 2.75) is 50.5 Å². The Bertz CT molecular complexity index is 196. The number of carbonyl (C=O) groups is 1.